The Bertz CT molecular complexity index is 1130. The molecular weight excluding hydrogens is 423 g/mol. The van der Waals surface area contributed by atoms with Crippen molar-refractivity contribution in [1.82, 2.24) is 5.32 Å². The molecule has 2 N–H and O–H groups in total. The second-order valence-electron chi connectivity index (χ2n) is 6.61. The van der Waals surface area contributed by atoms with Crippen LogP contribution in [-0.2, 0) is 10.0 Å². The molecule has 0 aromatic heterocycles. The van der Waals surface area contributed by atoms with Crippen molar-refractivity contribution in [2.45, 2.75) is 22.8 Å². The first-order chi connectivity index (χ1) is 14.3. The molecule has 3 aromatic carbocycles. The summed E-state index contributed by atoms with van der Waals surface area (Å²) in [5, 5.41) is 2.88. The monoisotopic (exact) mass is 444 g/mol. The fourth-order valence-corrected chi connectivity index (χ4v) is 4.30. The van der Waals surface area contributed by atoms with Gasteiger partial charge in [0.15, 0.2) is 0 Å². The Morgan fingerprint density at radius 3 is 2.30 bits per heavy atom. The molecule has 0 fully saturated rings. The molecule has 0 aliphatic rings. The molecule has 0 heterocycles. The van der Waals surface area contributed by atoms with Gasteiger partial charge >= 0.3 is 0 Å². The minimum Gasteiger partial charge on any atom is -0.346 e. The van der Waals surface area contributed by atoms with Crippen LogP contribution in [0.25, 0.3) is 0 Å². The van der Waals surface area contributed by atoms with Crippen molar-refractivity contribution < 1.29 is 17.6 Å². The quantitative estimate of drug-likeness (QED) is 0.512. The first-order valence-corrected chi connectivity index (χ1v) is 11.8. The van der Waals surface area contributed by atoms with Gasteiger partial charge in [-0.05, 0) is 73.3 Å². The van der Waals surface area contributed by atoms with E-state index in [9.17, 15) is 17.6 Å². The Morgan fingerprint density at radius 2 is 1.67 bits per heavy atom. The number of thioether (sulfide) groups is 1. The number of amides is 1. The smallest absolute Gasteiger partial charge is 0.261 e. The first kappa shape index (κ1) is 21.9. The molecule has 5 nitrogen and oxygen atoms in total. The molecule has 1 atom stereocenters. The van der Waals surface area contributed by atoms with Gasteiger partial charge in [0.05, 0.1) is 10.9 Å². The minimum absolute atomic E-state index is 0.0588. The highest BCUT2D eigenvalue weighted by atomic mass is 32.2. The van der Waals surface area contributed by atoms with Crippen LogP contribution in [0.15, 0.2) is 82.6 Å². The van der Waals surface area contributed by atoms with Crippen LogP contribution in [0.2, 0.25) is 0 Å². The number of rotatable bonds is 7. The lowest BCUT2D eigenvalue weighted by Crippen LogP contribution is -2.27. The zero-order valence-corrected chi connectivity index (χ0v) is 18.1. The molecule has 0 radical (unpaired) electrons. The molecule has 0 aliphatic carbocycles. The maximum absolute atomic E-state index is 13.0. The van der Waals surface area contributed by atoms with E-state index in [1.807, 2.05) is 37.4 Å². The van der Waals surface area contributed by atoms with E-state index in [1.165, 1.54) is 30.3 Å². The van der Waals surface area contributed by atoms with E-state index in [2.05, 4.69) is 10.0 Å². The summed E-state index contributed by atoms with van der Waals surface area (Å²) in [5.41, 5.74) is 1.40. The third kappa shape index (κ3) is 5.40. The van der Waals surface area contributed by atoms with Crippen LogP contribution < -0.4 is 10.0 Å². The average molecular weight is 445 g/mol. The Morgan fingerprint density at radius 1 is 1.00 bits per heavy atom. The number of anilines is 1. The highest BCUT2D eigenvalue weighted by molar-refractivity contribution is 7.98. The van der Waals surface area contributed by atoms with Crippen LogP contribution >= 0.6 is 11.8 Å². The molecule has 3 aromatic rings. The second-order valence-corrected chi connectivity index (χ2v) is 9.17. The molecule has 0 spiro atoms. The number of benzene rings is 3. The summed E-state index contributed by atoms with van der Waals surface area (Å²) >= 11 is 1.64. The lowest BCUT2D eigenvalue weighted by atomic mass is 10.1. The Hall–Kier alpha value is -2.84. The number of hydrogen-bond donors (Lipinski definition) is 2. The number of hydrogen-bond acceptors (Lipinski definition) is 4. The van der Waals surface area contributed by atoms with Crippen molar-refractivity contribution in [3.63, 3.8) is 0 Å². The fraction of sp³-hybridized carbons (Fsp3) is 0.136. The molecule has 0 saturated carbocycles. The van der Waals surface area contributed by atoms with E-state index in [4.69, 9.17) is 0 Å². The van der Waals surface area contributed by atoms with E-state index in [0.29, 0.717) is 0 Å². The average Bonchev–Trinajstić information content (AvgIpc) is 2.75. The van der Waals surface area contributed by atoms with E-state index in [-0.39, 0.29) is 28.1 Å². The van der Waals surface area contributed by atoms with E-state index in [1.54, 1.807) is 17.8 Å². The molecule has 1 unspecified atom stereocenters. The molecule has 8 heteroatoms. The molecular formula is C22H21FN2O3S2. The molecule has 1 amide bonds. The predicted molar refractivity (Wildman–Crippen MR) is 118 cm³/mol. The third-order valence-electron chi connectivity index (χ3n) is 4.47. The molecule has 0 aliphatic heterocycles. The summed E-state index contributed by atoms with van der Waals surface area (Å²) in [6, 6.07) is 18.4. The Labute approximate surface area is 179 Å². The van der Waals surface area contributed by atoms with Crippen LogP contribution in [0, 0.1) is 5.82 Å². The third-order valence-corrected chi connectivity index (χ3v) is 6.59. The van der Waals surface area contributed by atoms with Crippen molar-refractivity contribution in [3.8, 4) is 0 Å². The highest BCUT2D eigenvalue weighted by Gasteiger charge is 2.18. The largest absolute Gasteiger partial charge is 0.346 e. The fourth-order valence-electron chi connectivity index (χ4n) is 2.79. The molecule has 0 saturated heterocycles. The van der Waals surface area contributed by atoms with Gasteiger partial charge in [-0.15, -0.1) is 11.8 Å². The van der Waals surface area contributed by atoms with Crippen molar-refractivity contribution in [1.29, 1.82) is 0 Å². The summed E-state index contributed by atoms with van der Waals surface area (Å²) < 4.78 is 40.7. The van der Waals surface area contributed by atoms with Crippen LogP contribution in [0.5, 0.6) is 0 Å². The van der Waals surface area contributed by atoms with Gasteiger partial charge in [0.1, 0.15) is 5.82 Å². The maximum Gasteiger partial charge on any atom is 0.261 e. The molecule has 30 heavy (non-hydrogen) atoms. The number of carbonyl (C=O) groups excluding carboxylic acids is 1. The van der Waals surface area contributed by atoms with E-state index < -0.39 is 15.8 Å². The zero-order valence-electron chi connectivity index (χ0n) is 16.4. The van der Waals surface area contributed by atoms with Crippen LogP contribution in [0.4, 0.5) is 10.1 Å². The molecule has 0 bridgehead atoms. The minimum atomic E-state index is -3.93. The predicted octanol–water partition coefficient (Wildman–Crippen LogP) is 4.84. The van der Waals surface area contributed by atoms with Gasteiger partial charge in [0.25, 0.3) is 15.9 Å². The Balaban J connectivity index is 1.74. The second kappa shape index (κ2) is 9.32. The van der Waals surface area contributed by atoms with Crippen molar-refractivity contribution in [2.75, 3.05) is 11.0 Å². The summed E-state index contributed by atoms with van der Waals surface area (Å²) in [6.45, 7) is 1.86. The van der Waals surface area contributed by atoms with Gasteiger partial charge in [-0.2, -0.15) is 0 Å². The normalized spacial score (nSPS) is 12.2. The van der Waals surface area contributed by atoms with Gasteiger partial charge in [0, 0.05) is 16.1 Å². The van der Waals surface area contributed by atoms with Crippen molar-refractivity contribution in [2.24, 2.45) is 0 Å². The highest BCUT2D eigenvalue weighted by Crippen LogP contribution is 2.21. The topological polar surface area (TPSA) is 75.3 Å². The summed E-state index contributed by atoms with van der Waals surface area (Å²) in [6.07, 6.45) is 1.99. The van der Waals surface area contributed by atoms with Crippen molar-refractivity contribution in [3.05, 3.63) is 89.7 Å². The summed E-state index contributed by atoms with van der Waals surface area (Å²) in [5.74, 6) is -0.843. The number of carbonyl (C=O) groups is 1. The summed E-state index contributed by atoms with van der Waals surface area (Å²) in [4.78, 5) is 13.7. The van der Waals surface area contributed by atoms with Crippen LogP contribution in [0.1, 0.15) is 28.9 Å². The lowest BCUT2D eigenvalue weighted by Gasteiger charge is -2.15. The zero-order chi connectivity index (χ0) is 21.7. The molecule has 3 rings (SSSR count). The number of halogens is 1. The first-order valence-electron chi connectivity index (χ1n) is 9.12. The Kier molecular flexibility index (Phi) is 6.79. The van der Waals surface area contributed by atoms with Gasteiger partial charge in [-0.25, -0.2) is 12.8 Å². The van der Waals surface area contributed by atoms with E-state index in [0.717, 1.165) is 22.6 Å². The number of nitrogens with one attached hydrogen (secondary N) is 2. The van der Waals surface area contributed by atoms with Gasteiger partial charge in [-0.1, -0.05) is 18.2 Å². The van der Waals surface area contributed by atoms with Crippen LogP contribution in [0.3, 0.4) is 0 Å². The van der Waals surface area contributed by atoms with Gasteiger partial charge < -0.3 is 5.32 Å². The standard InChI is InChI=1S/C22H21FN2O3S2/c1-15(16-6-12-20(29-2)13-7-16)24-22(26)17-4-3-5-21(14-17)30(27,28)25-19-10-8-18(23)9-11-19/h3-15,25H,1-2H3,(H,24,26). The van der Waals surface area contributed by atoms with Crippen LogP contribution in [-0.4, -0.2) is 20.6 Å². The van der Waals surface area contributed by atoms with Crippen molar-refractivity contribution >= 4 is 33.4 Å². The molecule has 156 valence electrons. The van der Waals surface area contributed by atoms with Gasteiger partial charge in [0.2, 0.25) is 0 Å². The SMILES string of the molecule is CSc1ccc(C(C)NC(=O)c2cccc(S(=O)(=O)Nc3ccc(F)cc3)c2)cc1. The lowest BCUT2D eigenvalue weighted by molar-refractivity contribution is 0.0939. The van der Waals surface area contributed by atoms with Gasteiger partial charge in [-0.3, -0.25) is 9.52 Å². The summed E-state index contributed by atoms with van der Waals surface area (Å²) in [7, 11) is -3.93. The number of sulfonamides is 1. The van der Waals surface area contributed by atoms with E-state index >= 15 is 0 Å². The maximum atomic E-state index is 13.0.